The van der Waals surface area contributed by atoms with Crippen LogP contribution < -0.4 is 0 Å². The maximum Gasteiger partial charge on any atom is 0.163 e. The van der Waals surface area contributed by atoms with E-state index >= 15 is 0 Å². The monoisotopic (exact) mass is 224 g/mol. The second kappa shape index (κ2) is 4.13. The zero-order valence-electron chi connectivity index (χ0n) is 9.96. The van der Waals surface area contributed by atoms with E-state index in [0.717, 1.165) is 19.3 Å². The molecule has 2 fully saturated rings. The fourth-order valence-corrected chi connectivity index (χ4v) is 2.97. The number of hydrogen-bond donors (Lipinski definition) is 0. The molecule has 3 heteroatoms. The fraction of sp³-hybridized carbons (Fsp3) is 0.846. The highest BCUT2D eigenvalue weighted by Gasteiger charge is 2.44. The molecule has 90 valence electrons. The van der Waals surface area contributed by atoms with E-state index in [2.05, 4.69) is 26.0 Å². The number of hydrogen-bond acceptors (Lipinski definition) is 3. The molecule has 3 nitrogen and oxygen atoms in total. The molecule has 0 amide bonds. The van der Waals surface area contributed by atoms with Gasteiger partial charge in [-0.25, -0.2) is 0 Å². The highest BCUT2D eigenvalue weighted by atomic mass is 16.7. The van der Waals surface area contributed by atoms with Crippen LogP contribution in [0.25, 0.3) is 0 Å². The third kappa shape index (κ3) is 1.81. The van der Waals surface area contributed by atoms with Crippen molar-refractivity contribution in [3.05, 3.63) is 12.2 Å². The van der Waals surface area contributed by atoms with Crippen molar-refractivity contribution in [2.24, 2.45) is 5.92 Å². The molecule has 3 aliphatic rings. The second-order valence-corrected chi connectivity index (χ2v) is 5.14. The summed E-state index contributed by atoms with van der Waals surface area (Å²) in [4.78, 5) is 0. The van der Waals surface area contributed by atoms with Gasteiger partial charge in [-0.1, -0.05) is 19.1 Å². The third-order valence-electron chi connectivity index (χ3n) is 3.87. The molecular weight excluding hydrogens is 204 g/mol. The molecule has 3 rings (SSSR count). The van der Waals surface area contributed by atoms with Crippen molar-refractivity contribution in [2.45, 2.75) is 63.8 Å². The van der Waals surface area contributed by atoms with Gasteiger partial charge in [0.25, 0.3) is 0 Å². The predicted octanol–water partition coefficient (Wildman–Crippen LogP) is 2.26. The summed E-state index contributed by atoms with van der Waals surface area (Å²) in [6.45, 7) is 4.32. The van der Waals surface area contributed by atoms with E-state index in [-0.39, 0.29) is 12.4 Å². The van der Waals surface area contributed by atoms with E-state index in [1.165, 1.54) is 0 Å². The Kier molecular flexibility index (Phi) is 2.78. The molecule has 0 saturated carbocycles. The number of ether oxygens (including phenoxy) is 3. The molecule has 16 heavy (non-hydrogen) atoms. The van der Waals surface area contributed by atoms with Gasteiger partial charge in [0.05, 0.1) is 24.4 Å². The van der Waals surface area contributed by atoms with Crippen LogP contribution in [-0.2, 0) is 14.2 Å². The largest absolute Gasteiger partial charge is 0.366 e. The minimum Gasteiger partial charge on any atom is -0.366 e. The van der Waals surface area contributed by atoms with Crippen molar-refractivity contribution < 1.29 is 14.2 Å². The summed E-state index contributed by atoms with van der Waals surface area (Å²) in [6.07, 6.45) is 8.59. The lowest BCUT2D eigenvalue weighted by Crippen LogP contribution is -2.43. The van der Waals surface area contributed by atoms with Crippen molar-refractivity contribution in [1.82, 2.24) is 0 Å². The lowest BCUT2D eigenvalue weighted by atomic mass is 9.92. The van der Waals surface area contributed by atoms with Gasteiger partial charge in [-0.05, 0) is 26.2 Å². The summed E-state index contributed by atoms with van der Waals surface area (Å²) in [5.41, 5.74) is 0. The number of fused-ring (bicyclic) bond motifs is 2. The van der Waals surface area contributed by atoms with Crippen molar-refractivity contribution >= 4 is 0 Å². The van der Waals surface area contributed by atoms with E-state index in [9.17, 15) is 0 Å². The quantitative estimate of drug-likeness (QED) is 0.673. The van der Waals surface area contributed by atoms with E-state index < -0.39 is 0 Å². The minimum absolute atomic E-state index is 0.0614. The molecule has 0 N–H and O–H groups in total. The molecule has 0 aromatic rings. The molecule has 3 heterocycles. The third-order valence-corrected chi connectivity index (χ3v) is 3.87. The first kappa shape index (κ1) is 10.8. The van der Waals surface area contributed by atoms with Crippen LogP contribution in [0.2, 0.25) is 0 Å². The average Bonchev–Trinajstić information content (AvgIpc) is 2.89. The van der Waals surface area contributed by atoms with Crippen LogP contribution >= 0.6 is 0 Å². The normalized spacial score (nSPS) is 51.1. The first-order valence-corrected chi connectivity index (χ1v) is 6.41. The van der Waals surface area contributed by atoms with Crippen molar-refractivity contribution in [3.63, 3.8) is 0 Å². The summed E-state index contributed by atoms with van der Waals surface area (Å²) in [7, 11) is 0. The summed E-state index contributed by atoms with van der Waals surface area (Å²) in [5.74, 6) is 0.395. The highest BCUT2D eigenvalue weighted by molar-refractivity contribution is 5.11. The van der Waals surface area contributed by atoms with Gasteiger partial charge in [-0.15, -0.1) is 0 Å². The zero-order chi connectivity index (χ0) is 11.1. The van der Waals surface area contributed by atoms with Crippen molar-refractivity contribution in [3.8, 4) is 0 Å². The van der Waals surface area contributed by atoms with Gasteiger partial charge in [-0.3, -0.25) is 0 Å². The molecular formula is C13H20O3. The standard InChI is InChI=1S/C13H20O3/c1-3-9-6-8(2)14-13(16-9)11-7-10-4-5-12(11)15-10/h4-5,8-13H,3,6-7H2,1-2H3. The lowest BCUT2D eigenvalue weighted by Gasteiger charge is -2.37. The maximum atomic E-state index is 6.01. The Balaban J connectivity index is 1.68. The molecule has 2 saturated heterocycles. The van der Waals surface area contributed by atoms with Crippen LogP contribution in [0.5, 0.6) is 0 Å². The summed E-state index contributed by atoms with van der Waals surface area (Å²) >= 11 is 0. The smallest absolute Gasteiger partial charge is 0.163 e. The predicted molar refractivity (Wildman–Crippen MR) is 60.0 cm³/mol. The Morgan fingerprint density at radius 2 is 2.00 bits per heavy atom. The van der Waals surface area contributed by atoms with Gasteiger partial charge in [0, 0.05) is 5.92 Å². The fourth-order valence-electron chi connectivity index (χ4n) is 2.97. The molecule has 0 aromatic carbocycles. The highest BCUT2D eigenvalue weighted by Crippen LogP contribution is 2.39. The van der Waals surface area contributed by atoms with Gasteiger partial charge >= 0.3 is 0 Å². The molecule has 2 bridgehead atoms. The zero-order valence-corrected chi connectivity index (χ0v) is 9.96. The van der Waals surface area contributed by atoms with Crippen LogP contribution in [0.3, 0.4) is 0 Å². The first-order chi connectivity index (χ1) is 7.76. The molecule has 3 aliphatic heterocycles. The van der Waals surface area contributed by atoms with E-state index in [1.54, 1.807) is 0 Å². The minimum atomic E-state index is -0.0614. The summed E-state index contributed by atoms with van der Waals surface area (Å²) in [6, 6.07) is 0. The number of rotatable bonds is 2. The van der Waals surface area contributed by atoms with Gasteiger partial charge in [-0.2, -0.15) is 0 Å². The van der Waals surface area contributed by atoms with Gasteiger partial charge in [0.2, 0.25) is 0 Å². The Morgan fingerprint density at radius 3 is 2.62 bits per heavy atom. The molecule has 0 spiro atoms. The lowest BCUT2D eigenvalue weighted by molar-refractivity contribution is -0.262. The SMILES string of the molecule is CCC1CC(C)OC(C2CC3C=CC2O3)O1. The van der Waals surface area contributed by atoms with Crippen molar-refractivity contribution in [2.75, 3.05) is 0 Å². The van der Waals surface area contributed by atoms with Crippen LogP contribution in [0.4, 0.5) is 0 Å². The van der Waals surface area contributed by atoms with Crippen molar-refractivity contribution in [1.29, 1.82) is 0 Å². The Hall–Kier alpha value is -0.380. The van der Waals surface area contributed by atoms with Crippen LogP contribution in [0.15, 0.2) is 12.2 Å². The Morgan fingerprint density at radius 1 is 1.12 bits per heavy atom. The molecule has 0 radical (unpaired) electrons. The summed E-state index contributed by atoms with van der Waals surface area (Å²) < 4.78 is 17.7. The maximum absolute atomic E-state index is 6.01. The van der Waals surface area contributed by atoms with E-state index in [1.807, 2.05) is 0 Å². The molecule has 0 aromatic heterocycles. The van der Waals surface area contributed by atoms with Gasteiger partial charge in [0.1, 0.15) is 0 Å². The van der Waals surface area contributed by atoms with Gasteiger partial charge < -0.3 is 14.2 Å². The van der Waals surface area contributed by atoms with Gasteiger partial charge in [0.15, 0.2) is 6.29 Å². The molecule has 6 unspecified atom stereocenters. The Bertz CT molecular complexity index is 289. The molecule has 6 atom stereocenters. The Labute approximate surface area is 96.8 Å². The van der Waals surface area contributed by atoms with E-state index in [0.29, 0.717) is 24.2 Å². The topological polar surface area (TPSA) is 27.7 Å². The van der Waals surface area contributed by atoms with Crippen LogP contribution in [-0.4, -0.2) is 30.7 Å². The summed E-state index contributed by atoms with van der Waals surface area (Å²) in [5, 5.41) is 0. The van der Waals surface area contributed by atoms with Crippen LogP contribution in [0.1, 0.15) is 33.1 Å². The van der Waals surface area contributed by atoms with Crippen LogP contribution in [0, 0.1) is 5.92 Å². The first-order valence-electron chi connectivity index (χ1n) is 6.41. The average molecular weight is 224 g/mol. The second-order valence-electron chi connectivity index (χ2n) is 5.14. The van der Waals surface area contributed by atoms with E-state index in [4.69, 9.17) is 14.2 Å². The molecule has 0 aliphatic carbocycles.